The van der Waals surface area contributed by atoms with Gasteiger partial charge in [0, 0.05) is 11.1 Å². The predicted molar refractivity (Wildman–Crippen MR) is 117 cm³/mol. The Bertz CT molecular complexity index is 1300. The average molecular weight is 438 g/mol. The van der Waals surface area contributed by atoms with E-state index in [0.717, 1.165) is 16.9 Å². The van der Waals surface area contributed by atoms with Crippen LogP contribution in [0.25, 0.3) is 17.3 Å². The summed E-state index contributed by atoms with van der Waals surface area (Å²) in [5.74, 6) is -1.74. The maximum absolute atomic E-state index is 12.2. The molecule has 0 unspecified atom stereocenters. The van der Waals surface area contributed by atoms with Crippen molar-refractivity contribution in [3.8, 4) is 11.6 Å². The number of carboxylic acids is 1. The van der Waals surface area contributed by atoms with Crippen LogP contribution in [0.15, 0.2) is 53.5 Å². The number of esters is 1. The Morgan fingerprint density at radius 1 is 1.17 bits per heavy atom. The Morgan fingerprint density at radius 2 is 1.87 bits per heavy atom. The smallest absolute Gasteiger partial charge is 0.357 e. The van der Waals surface area contributed by atoms with E-state index in [0.29, 0.717) is 25.8 Å². The highest BCUT2D eigenvalue weighted by Gasteiger charge is 2.27. The van der Waals surface area contributed by atoms with Gasteiger partial charge in [-0.2, -0.15) is 0 Å². The zero-order chi connectivity index (χ0) is 21.4. The number of thiazole rings is 1. The number of fused-ring (bicyclic) bond motifs is 1. The first-order valence-corrected chi connectivity index (χ1v) is 9.90. The van der Waals surface area contributed by atoms with Gasteiger partial charge in [0.1, 0.15) is 0 Å². The highest BCUT2D eigenvalue weighted by Crippen LogP contribution is 2.39. The molecule has 0 spiro atoms. The molecular weight excluding hydrogens is 424 g/mol. The molecule has 30 heavy (non-hydrogen) atoms. The molecule has 9 heteroatoms. The lowest BCUT2D eigenvalue weighted by molar-refractivity contribution is -0.132. The molecule has 1 aliphatic heterocycles. The normalized spacial score (nSPS) is 13.8. The van der Waals surface area contributed by atoms with Crippen molar-refractivity contribution < 1.29 is 24.5 Å². The van der Waals surface area contributed by atoms with Gasteiger partial charge >= 0.3 is 11.9 Å². The molecule has 0 saturated carbocycles. The van der Waals surface area contributed by atoms with Gasteiger partial charge < -0.3 is 14.9 Å². The van der Waals surface area contributed by atoms with Gasteiger partial charge in [-0.15, -0.1) is 11.3 Å². The summed E-state index contributed by atoms with van der Waals surface area (Å²) in [5.41, 5.74) is 2.71. The molecule has 0 aliphatic carbocycles. The van der Waals surface area contributed by atoms with Crippen LogP contribution in [0.5, 0.6) is 5.88 Å². The number of carboxylic acid groups (broad SMARTS) is 1. The third kappa shape index (κ3) is 3.34. The Kier molecular flexibility index (Phi) is 5.06. The molecule has 0 atom stereocenters. The van der Waals surface area contributed by atoms with Crippen molar-refractivity contribution in [3.63, 3.8) is 0 Å². The Morgan fingerprint density at radius 3 is 2.53 bits per heavy atom. The second-order valence-corrected chi connectivity index (χ2v) is 7.95. The van der Waals surface area contributed by atoms with Gasteiger partial charge in [0.15, 0.2) is 9.67 Å². The van der Waals surface area contributed by atoms with Crippen LogP contribution in [0.2, 0.25) is 0 Å². The molecule has 7 nitrogen and oxygen atoms in total. The van der Waals surface area contributed by atoms with Gasteiger partial charge in [-0.25, -0.2) is 14.6 Å². The van der Waals surface area contributed by atoms with Crippen LogP contribution in [0.1, 0.15) is 20.8 Å². The van der Waals surface area contributed by atoms with Crippen molar-refractivity contribution in [2.24, 2.45) is 4.99 Å². The van der Waals surface area contributed by atoms with E-state index < -0.39 is 11.9 Å². The summed E-state index contributed by atoms with van der Waals surface area (Å²) in [7, 11) is 1.28. The molecular formula is C21H14N2O5S2. The number of para-hydroxylation sites is 1. The van der Waals surface area contributed by atoms with Crippen molar-refractivity contribution in [1.82, 2.24) is 4.57 Å². The summed E-state index contributed by atoms with van der Waals surface area (Å²) >= 11 is 6.56. The number of benzene rings is 2. The zero-order valence-electron chi connectivity index (χ0n) is 15.5. The number of ether oxygens (including phenoxy) is 1. The van der Waals surface area contributed by atoms with E-state index in [4.69, 9.17) is 22.1 Å². The maximum atomic E-state index is 12.2. The summed E-state index contributed by atoms with van der Waals surface area (Å²) in [5, 5.41) is 19.9. The number of aromatic carboxylic acids is 1. The van der Waals surface area contributed by atoms with E-state index in [2.05, 4.69) is 4.99 Å². The van der Waals surface area contributed by atoms with Gasteiger partial charge in [0.25, 0.3) is 0 Å². The summed E-state index contributed by atoms with van der Waals surface area (Å²) in [6.45, 7) is 0. The molecule has 2 heterocycles. The molecule has 2 N–H and O–H groups in total. The number of hydrogen-bond acceptors (Lipinski definition) is 7. The molecule has 150 valence electrons. The van der Waals surface area contributed by atoms with E-state index in [1.807, 2.05) is 18.2 Å². The second kappa shape index (κ2) is 7.69. The Balaban J connectivity index is 1.82. The molecule has 0 saturated heterocycles. The fraction of sp³-hybridized carbons (Fsp3) is 0.0476. The summed E-state index contributed by atoms with van der Waals surface area (Å²) in [6, 6.07) is 13.3. The number of rotatable bonds is 4. The van der Waals surface area contributed by atoms with Crippen LogP contribution in [-0.4, -0.2) is 39.5 Å². The van der Waals surface area contributed by atoms with Crippen LogP contribution in [-0.2, 0) is 9.53 Å². The van der Waals surface area contributed by atoms with Crippen LogP contribution in [0, 0.1) is 3.95 Å². The fourth-order valence-electron chi connectivity index (χ4n) is 3.09. The minimum absolute atomic E-state index is 0.117. The lowest BCUT2D eigenvalue weighted by atomic mass is 10.0. The molecule has 1 aliphatic rings. The summed E-state index contributed by atoms with van der Waals surface area (Å²) in [4.78, 5) is 28.1. The number of methoxy groups -OCH3 is 1. The van der Waals surface area contributed by atoms with Gasteiger partial charge in [-0.1, -0.05) is 18.2 Å². The maximum Gasteiger partial charge on any atom is 0.357 e. The van der Waals surface area contributed by atoms with E-state index in [1.165, 1.54) is 23.8 Å². The monoisotopic (exact) mass is 438 g/mol. The second-order valence-electron chi connectivity index (χ2n) is 6.27. The zero-order valence-corrected chi connectivity index (χ0v) is 17.2. The first kappa shape index (κ1) is 19.7. The molecule has 0 amide bonds. The quantitative estimate of drug-likeness (QED) is 0.460. The van der Waals surface area contributed by atoms with Crippen LogP contribution in [0.3, 0.4) is 0 Å². The van der Waals surface area contributed by atoms with Crippen molar-refractivity contribution in [3.05, 3.63) is 68.5 Å². The van der Waals surface area contributed by atoms with Crippen molar-refractivity contribution >= 4 is 58.5 Å². The number of nitrogens with zero attached hydrogens (tertiary/aromatic N) is 2. The SMILES string of the molecule is COC(=O)C1=Nc2ccccc2C1=Cc1sc(=S)n(-c2ccc(C(=O)O)cc2)c1O. The number of carbonyl (C=O) groups excluding carboxylic acids is 1. The highest BCUT2D eigenvalue weighted by molar-refractivity contribution is 7.73. The minimum atomic E-state index is -1.04. The fourth-order valence-corrected chi connectivity index (χ4v) is 4.39. The molecule has 0 radical (unpaired) electrons. The van der Waals surface area contributed by atoms with Crippen LogP contribution < -0.4 is 0 Å². The lowest BCUT2D eigenvalue weighted by Gasteiger charge is -2.06. The number of carbonyl (C=O) groups is 2. The number of aliphatic imine (C=N–C) groups is 1. The van der Waals surface area contributed by atoms with Gasteiger partial charge in [0.2, 0.25) is 5.88 Å². The molecule has 2 aromatic carbocycles. The first-order valence-electron chi connectivity index (χ1n) is 8.67. The standard InChI is InChI=1S/C21H14N2O5S2/c1-28-20(27)17-14(13-4-2-3-5-15(13)22-17)10-16-18(24)23(21(29)30-16)12-8-6-11(7-9-12)19(25)26/h2-10,24H,1H3,(H,25,26). The van der Waals surface area contributed by atoms with Crippen LogP contribution in [0.4, 0.5) is 5.69 Å². The third-order valence-corrected chi connectivity index (χ3v) is 5.83. The molecule has 3 aromatic rings. The highest BCUT2D eigenvalue weighted by atomic mass is 32.1. The van der Waals surface area contributed by atoms with Crippen LogP contribution >= 0.6 is 23.6 Å². The predicted octanol–water partition coefficient (Wildman–Crippen LogP) is 4.47. The van der Waals surface area contributed by atoms with Gasteiger partial charge in [-0.05, 0) is 48.6 Å². The van der Waals surface area contributed by atoms with Crippen molar-refractivity contribution in [1.29, 1.82) is 0 Å². The number of aromatic hydroxyl groups is 1. The lowest BCUT2D eigenvalue weighted by Crippen LogP contribution is -2.14. The first-order chi connectivity index (χ1) is 14.4. The van der Waals surface area contributed by atoms with Gasteiger partial charge in [0.05, 0.1) is 28.9 Å². The minimum Gasteiger partial charge on any atom is -0.493 e. The van der Waals surface area contributed by atoms with Crippen molar-refractivity contribution in [2.45, 2.75) is 0 Å². The topological polar surface area (TPSA) is 101 Å². The summed E-state index contributed by atoms with van der Waals surface area (Å²) in [6.07, 6.45) is 1.65. The van der Waals surface area contributed by atoms with E-state index in [9.17, 15) is 14.7 Å². The number of hydrogen-bond donors (Lipinski definition) is 2. The largest absolute Gasteiger partial charge is 0.493 e. The molecule has 0 bridgehead atoms. The van der Waals surface area contributed by atoms with E-state index >= 15 is 0 Å². The Labute approximate surface area is 179 Å². The Hall–Kier alpha value is -3.56. The molecule has 1 aromatic heterocycles. The molecule has 4 rings (SSSR count). The van der Waals surface area contributed by atoms with Crippen molar-refractivity contribution in [2.75, 3.05) is 7.11 Å². The van der Waals surface area contributed by atoms with Gasteiger partial charge in [-0.3, -0.25) is 4.57 Å². The number of aromatic nitrogens is 1. The molecule has 0 fully saturated rings. The average Bonchev–Trinajstić information content (AvgIpc) is 3.25. The van der Waals surface area contributed by atoms with E-state index in [1.54, 1.807) is 24.3 Å². The third-order valence-electron chi connectivity index (χ3n) is 4.52. The van der Waals surface area contributed by atoms with E-state index in [-0.39, 0.29) is 17.2 Å². The summed E-state index contributed by atoms with van der Waals surface area (Å²) < 4.78 is 6.65.